The maximum absolute atomic E-state index is 11.3. The van der Waals surface area contributed by atoms with E-state index in [2.05, 4.69) is 12.2 Å². The summed E-state index contributed by atoms with van der Waals surface area (Å²) in [6, 6.07) is 7.42. The SMILES string of the molecule is CC(NC(C)C1CC1)c1cccc(S(N)(=O)=O)c1. The van der Waals surface area contributed by atoms with E-state index in [-0.39, 0.29) is 10.9 Å². The van der Waals surface area contributed by atoms with Crippen LogP contribution in [-0.2, 0) is 10.0 Å². The number of nitrogens with one attached hydrogen (secondary N) is 1. The molecule has 0 heterocycles. The van der Waals surface area contributed by atoms with Crippen LogP contribution in [-0.4, -0.2) is 14.5 Å². The van der Waals surface area contributed by atoms with Gasteiger partial charge < -0.3 is 5.32 Å². The van der Waals surface area contributed by atoms with Crippen molar-refractivity contribution in [2.24, 2.45) is 11.1 Å². The van der Waals surface area contributed by atoms with Crippen molar-refractivity contribution in [1.82, 2.24) is 5.32 Å². The number of hydrogen-bond donors (Lipinski definition) is 2. The molecule has 0 aliphatic heterocycles. The van der Waals surface area contributed by atoms with Gasteiger partial charge >= 0.3 is 0 Å². The van der Waals surface area contributed by atoms with Crippen LogP contribution in [0.25, 0.3) is 0 Å². The molecule has 0 bridgehead atoms. The number of primary sulfonamides is 1. The first-order chi connectivity index (χ1) is 8.38. The van der Waals surface area contributed by atoms with Crippen molar-refractivity contribution in [3.05, 3.63) is 29.8 Å². The first kappa shape index (κ1) is 13.5. The summed E-state index contributed by atoms with van der Waals surface area (Å²) in [4.78, 5) is 0.174. The van der Waals surface area contributed by atoms with Crippen LogP contribution in [0.1, 0.15) is 38.3 Å². The van der Waals surface area contributed by atoms with Crippen LogP contribution in [0.2, 0.25) is 0 Å². The zero-order chi connectivity index (χ0) is 13.3. The van der Waals surface area contributed by atoms with Crippen molar-refractivity contribution in [3.8, 4) is 0 Å². The average molecular weight is 268 g/mol. The molecule has 0 amide bonds. The lowest BCUT2D eigenvalue weighted by Gasteiger charge is -2.20. The molecule has 2 unspecified atom stereocenters. The van der Waals surface area contributed by atoms with E-state index in [1.54, 1.807) is 12.1 Å². The Hall–Kier alpha value is -0.910. The third kappa shape index (κ3) is 3.31. The Kier molecular flexibility index (Phi) is 3.75. The van der Waals surface area contributed by atoms with E-state index < -0.39 is 10.0 Å². The standard InChI is InChI=1S/C13H20N2O2S/c1-9(11-6-7-11)15-10(2)12-4-3-5-13(8-12)18(14,16)17/h3-5,8-11,15H,6-7H2,1-2H3,(H2,14,16,17). The lowest BCUT2D eigenvalue weighted by atomic mass is 10.1. The summed E-state index contributed by atoms with van der Waals surface area (Å²) in [7, 11) is -3.62. The molecule has 1 fully saturated rings. The van der Waals surface area contributed by atoms with Crippen LogP contribution in [0.15, 0.2) is 29.2 Å². The molecule has 1 aliphatic rings. The molecule has 1 aliphatic carbocycles. The number of nitrogens with two attached hydrogens (primary N) is 1. The number of benzene rings is 1. The molecule has 1 aromatic carbocycles. The highest BCUT2D eigenvalue weighted by atomic mass is 32.2. The van der Waals surface area contributed by atoms with Crippen molar-refractivity contribution in [2.45, 2.75) is 43.7 Å². The highest BCUT2D eigenvalue weighted by Crippen LogP contribution is 2.33. The van der Waals surface area contributed by atoms with Crippen LogP contribution in [0.3, 0.4) is 0 Å². The molecule has 100 valence electrons. The summed E-state index contributed by atoms with van der Waals surface area (Å²) < 4.78 is 22.6. The fourth-order valence-corrected chi connectivity index (χ4v) is 2.75. The molecule has 0 radical (unpaired) electrons. The number of hydrogen-bond acceptors (Lipinski definition) is 3. The van der Waals surface area contributed by atoms with Gasteiger partial charge in [0.2, 0.25) is 10.0 Å². The van der Waals surface area contributed by atoms with Crippen molar-refractivity contribution >= 4 is 10.0 Å². The highest BCUT2D eigenvalue weighted by Gasteiger charge is 2.28. The van der Waals surface area contributed by atoms with Crippen molar-refractivity contribution < 1.29 is 8.42 Å². The maximum Gasteiger partial charge on any atom is 0.238 e. The average Bonchev–Trinajstić information content (AvgIpc) is 3.11. The van der Waals surface area contributed by atoms with E-state index >= 15 is 0 Å². The molecule has 1 aromatic rings. The van der Waals surface area contributed by atoms with Gasteiger partial charge in [0.25, 0.3) is 0 Å². The molecule has 0 spiro atoms. The van der Waals surface area contributed by atoms with Crippen LogP contribution in [0.4, 0.5) is 0 Å². The molecule has 1 saturated carbocycles. The zero-order valence-corrected chi connectivity index (χ0v) is 11.6. The van der Waals surface area contributed by atoms with Gasteiger partial charge in [0.05, 0.1) is 4.90 Å². The minimum absolute atomic E-state index is 0.127. The predicted octanol–water partition coefficient (Wildman–Crippen LogP) is 1.78. The first-order valence-electron chi connectivity index (χ1n) is 6.27. The Morgan fingerprint density at radius 2 is 2.00 bits per heavy atom. The molecule has 0 saturated heterocycles. The summed E-state index contributed by atoms with van der Waals surface area (Å²) in [5.41, 5.74) is 0.953. The summed E-state index contributed by atoms with van der Waals surface area (Å²) in [6.45, 7) is 4.22. The van der Waals surface area contributed by atoms with Crippen LogP contribution in [0.5, 0.6) is 0 Å². The number of sulfonamides is 1. The monoisotopic (exact) mass is 268 g/mol. The second-order valence-corrected chi connectivity index (χ2v) is 6.69. The minimum atomic E-state index is -3.62. The summed E-state index contributed by atoms with van der Waals surface area (Å²) in [5.74, 6) is 0.772. The molecule has 4 nitrogen and oxygen atoms in total. The second kappa shape index (κ2) is 4.99. The van der Waals surface area contributed by atoms with Crippen LogP contribution >= 0.6 is 0 Å². The van der Waals surface area contributed by atoms with Gasteiger partial charge in [-0.05, 0) is 50.3 Å². The Labute approximate surface area is 109 Å². The van der Waals surface area contributed by atoms with E-state index in [1.807, 2.05) is 13.0 Å². The van der Waals surface area contributed by atoms with Crippen LogP contribution in [0, 0.1) is 5.92 Å². The Bertz CT molecular complexity index is 524. The zero-order valence-electron chi connectivity index (χ0n) is 10.8. The molecule has 0 aromatic heterocycles. The molecule has 2 atom stereocenters. The quantitative estimate of drug-likeness (QED) is 0.855. The van der Waals surface area contributed by atoms with E-state index in [0.29, 0.717) is 6.04 Å². The lowest BCUT2D eigenvalue weighted by molar-refractivity contribution is 0.441. The Morgan fingerprint density at radius 3 is 2.56 bits per heavy atom. The van der Waals surface area contributed by atoms with E-state index in [1.165, 1.54) is 18.9 Å². The third-order valence-corrected chi connectivity index (χ3v) is 4.44. The minimum Gasteiger partial charge on any atom is -0.307 e. The topological polar surface area (TPSA) is 72.2 Å². The normalized spacial score (nSPS) is 19.5. The third-order valence-electron chi connectivity index (χ3n) is 3.53. The molecular weight excluding hydrogens is 248 g/mol. The van der Waals surface area contributed by atoms with E-state index in [4.69, 9.17) is 5.14 Å². The van der Waals surface area contributed by atoms with E-state index in [9.17, 15) is 8.42 Å². The summed E-state index contributed by atoms with van der Waals surface area (Å²) in [5, 5.41) is 8.64. The molecule has 18 heavy (non-hydrogen) atoms. The predicted molar refractivity (Wildman–Crippen MR) is 71.6 cm³/mol. The smallest absolute Gasteiger partial charge is 0.238 e. The number of rotatable bonds is 5. The Morgan fingerprint density at radius 1 is 1.33 bits per heavy atom. The van der Waals surface area contributed by atoms with Crippen molar-refractivity contribution in [1.29, 1.82) is 0 Å². The van der Waals surface area contributed by atoms with Gasteiger partial charge in [0, 0.05) is 12.1 Å². The molecule has 5 heteroatoms. The molecular formula is C13H20N2O2S. The first-order valence-corrected chi connectivity index (χ1v) is 7.81. The van der Waals surface area contributed by atoms with Crippen LogP contribution < -0.4 is 10.5 Å². The second-order valence-electron chi connectivity index (χ2n) is 5.13. The Balaban J connectivity index is 2.12. The van der Waals surface area contributed by atoms with Gasteiger partial charge in [-0.3, -0.25) is 0 Å². The van der Waals surface area contributed by atoms with Crippen molar-refractivity contribution in [2.75, 3.05) is 0 Å². The summed E-state index contributed by atoms with van der Waals surface area (Å²) >= 11 is 0. The fourth-order valence-electron chi connectivity index (χ4n) is 2.18. The van der Waals surface area contributed by atoms with Gasteiger partial charge in [-0.15, -0.1) is 0 Å². The fraction of sp³-hybridized carbons (Fsp3) is 0.538. The van der Waals surface area contributed by atoms with Gasteiger partial charge in [-0.2, -0.15) is 0 Å². The van der Waals surface area contributed by atoms with Gasteiger partial charge in [0.1, 0.15) is 0 Å². The van der Waals surface area contributed by atoms with E-state index in [0.717, 1.165) is 11.5 Å². The molecule has 2 rings (SSSR count). The lowest BCUT2D eigenvalue weighted by Crippen LogP contribution is -2.30. The highest BCUT2D eigenvalue weighted by molar-refractivity contribution is 7.89. The van der Waals surface area contributed by atoms with Gasteiger partial charge in [0.15, 0.2) is 0 Å². The molecule has 3 N–H and O–H groups in total. The summed E-state index contributed by atoms with van der Waals surface area (Å²) in [6.07, 6.45) is 2.58. The maximum atomic E-state index is 11.3. The largest absolute Gasteiger partial charge is 0.307 e. The van der Waals surface area contributed by atoms with Crippen molar-refractivity contribution in [3.63, 3.8) is 0 Å². The van der Waals surface area contributed by atoms with Gasteiger partial charge in [-0.25, -0.2) is 13.6 Å². The van der Waals surface area contributed by atoms with Gasteiger partial charge in [-0.1, -0.05) is 12.1 Å².